The maximum atomic E-state index is 10.9. The van der Waals surface area contributed by atoms with Crippen molar-refractivity contribution in [2.45, 2.75) is 13.8 Å². The zero-order valence-corrected chi connectivity index (χ0v) is 11.7. The molecule has 0 aromatic carbocycles. The highest BCUT2D eigenvalue weighted by Crippen LogP contribution is 2.41. The fraction of sp³-hybridized carbons (Fsp3) is 0.143. The first-order valence-electron chi connectivity index (χ1n) is 6.13. The van der Waals surface area contributed by atoms with Gasteiger partial charge in [-0.1, -0.05) is 6.07 Å². The number of carboxylic acid groups (broad SMARTS) is 2. The molecular formula is C14H12N2O6. The van der Waals surface area contributed by atoms with Crippen molar-refractivity contribution in [3.05, 3.63) is 35.9 Å². The molecule has 2 heterocycles. The van der Waals surface area contributed by atoms with Gasteiger partial charge in [-0.2, -0.15) is 0 Å². The van der Waals surface area contributed by atoms with Crippen LogP contribution in [0.25, 0.3) is 11.1 Å². The third-order valence-electron chi connectivity index (χ3n) is 2.78. The summed E-state index contributed by atoms with van der Waals surface area (Å²) in [4.78, 5) is 29.8. The molecule has 0 fully saturated rings. The van der Waals surface area contributed by atoms with Crippen LogP contribution in [-0.2, 0) is 0 Å². The number of pyridine rings is 2. The molecule has 0 aliphatic heterocycles. The lowest BCUT2D eigenvalue weighted by atomic mass is 10.0. The molecule has 2 N–H and O–H groups in total. The molecule has 0 bridgehead atoms. The third kappa shape index (κ3) is 3.11. The van der Waals surface area contributed by atoms with Gasteiger partial charge in [0.05, 0.1) is 17.0 Å². The summed E-state index contributed by atoms with van der Waals surface area (Å²) < 4.78 is 9.52. The number of carbonyl (C=O) groups is 2. The monoisotopic (exact) mass is 304 g/mol. The number of hydrogen-bond donors (Lipinski definition) is 2. The molecule has 0 saturated carbocycles. The van der Waals surface area contributed by atoms with Crippen LogP contribution in [0.3, 0.4) is 0 Å². The number of ether oxygens (including phenoxy) is 2. The van der Waals surface area contributed by atoms with E-state index in [0.717, 1.165) is 0 Å². The van der Waals surface area contributed by atoms with Crippen LogP contribution in [-0.4, -0.2) is 32.5 Å². The maximum absolute atomic E-state index is 10.9. The summed E-state index contributed by atoms with van der Waals surface area (Å²) in [6, 6.07) is 3.25. The van der Waals surface area contributed by atoms with Gasteiger partial charge in [-0.15, -0.1) is 0 Å². The van der Waals surface area contributed by atoms with E-state index >= 15 is 0 Å². The normalized spacial score (nSPS) is 10.1. The Bertz CT molecular complexity index is 690. The molecule has 0 amide bonds. The molecule has 0 aliphatic carbocycles. The Kier molecular flexibility index (Phi) is 4.21. The van der Waals surface area contributed by atoms with E-state index in [1.807, 2.05) is 0 Å². The molecule has 2 rings (SSSR count). The third-order valence-corrected chi connectivity index (χ3v) is 2.78. The van der Waals surface area contributed by atoms with Crippen LogP contribution in [0.4, 0.5) is 9.59 Å². The van der Waals surface area contributed by atoms with E-state index in [-0.39, 0.29) is 28.5 Å². The van der Waals surface area contributed by atoms with E-state index in [2.05, 4.69) is 9.97 Å². The van der Waals surface area contributed by atoms with Crippen LogP contribution in [0.5, 0.6) is 11.5 Å². The van der Waals surface area contributed by atoms with Gasteiger partial charge < -0.3 is 19.7 Å². The minimum atomic E-state index is -1.54. The van der Waals surface area contributed by atoms with E-state index in [9.17, 15) is 9.59 Å². The summed E-state index contributed by atoms with van der Waals surface area (Å²) in [5.74, 6) is -0.190. The molecule has 8 heteroatoms. The van der Waals surface area contributed by atoms with Gasteiger partial charge in [0, 0.05) is 18.0 Å². The van der Waals surface area contributed by atoms with Crippen LogP contribution in [0.2, 0.25) is 0 Å². The van der Waals surface area contributed by atoms with Gasteiger partial charge in [0.2, 0.25) is 0 Å². The van der Waals surface area contributed by atoms with Gasteiger partial charge in [-0.05, 0) is 19.9 Å². The number of rotatable bonds is 3. The Hall–Kier alpha value is -3.16. The fourth-order valence-corrected chi connectivity index (χ4v) is 2.02. The Morgan fingerprint density at radius 2 is 1.59 bits per heavy atom. The molecule has 0 saturated heterocycles. The van der Waals surface area contributed by atoms with Crippen molar-refractivity contribution in [3.63, 3.8) is 0 Å². The molecule has 0 aliphatic rings. The van der Waals surface area contributed by atoms with Crippen molar-refractivity contribution in [2.75, 3.05) is 0 Å². The van der Waals surface area contributed by atoms with E-state index in [1.165, 1.54) is 12.4 Å². The second kappa shape index (κ2) is 6.08. The predicted molar refractivity (Wildman–Crippen MR) is 74.2 cm³/mol. The maximum Gasteiger partial charge on any atom is 0.511 e. The Labute approximate surface area is 125 Å². The molecule has 0 spiro atoms. The highest BCUT2D eigenvalue weighted by atomic mass is 16.7. The lowest BCUT2D eigenvalue weighted by molar-refractivity contribution is 0.142. The zero-order chi connectivity index (χ0) is 16.3. The van der Waals surface area contributed by atoms with Crippen molar-refractivity contribution < 1.29 is 29.3 Å². The minimum absolute atomic E-state index is 0.0950. The molecule has 0 atom stereocenters. The summed E-state index contributed by atoms with van der Waals surface area (Å²) in [5, 5.41) is 17.8. The van der Waals surface area contributed by atoms with Crippen molar-refractivity contribution in [2.24, 2.45) is 0 Å². The van der Waals surface area contributed by atoms with Crippen molar-refractivity contribution in [3.8, 4) is 22.6 Å². The summed E-state index contributed by atoms with van der Waals surface area (Å²) in [7, 11) is 0. The number of aryl methyl sites for hydroxylation is 2. The molecule has 0 radical (unpaired) electrons. The van der Waals surface area contributed by atoms with Crippen LogP contribution < -0.4 is 9.47 Å². The van der Waals surface area contributed by atoms with Crippen molar-refractivity contribution >= 4 is 12.3 Å². The first kappa shape index (κ1) is 15.2. The lowest BCUT2D eigenvalue weighted by Gasteiger charge is -2.16. The molecule has 114 valence electrons. The smallest absolute Gasteiger partial charge is 0.449 e. The van der Waals surface area contributed by atoms with Gasteiger partial charge >= 0.3 is 12.3 Å². The van der Waals surface area contributed by atoms with Crippen LogP contribution in [0, 0.1) is 13.8 Å². The standard InChI is InChI=1S/C14H12N2O6/c1-7-11(21-13(17)18)10(9-4-3-5-15-6-9)12(8(2)16-7)22-14(19)20/h3-6H,1-2H3,(H,17,18)(H,19,20). The quantitative estimate of drug-likeness (QED) is 0.831. The average molecular weight is 304 g/mol. The summed E-state index contributed by atoms with van der Waals surface area (Å²) >= 11 is 0. The zero-order valence-electron chi connectivity index (χ0n) is 11.7. The molecular weight excluding hydrogens is 292 g/mol. The molecule has 2 aromatic rings. The van der Waals surface area contributed by atoms with E-state index < -0.39 is 12.3 Å². The van der Waals surface area contributed by atoms with Crippen LogP contribution in [0.1, 0.15) is 11.4 Å². The fourth-order valence-electron chi connectivity index (χ4n) is 2.02. The van der Waals surface area contributed by atoms with Crippen molar-refractivity contribution in [1.82, 2.24) is 9.97 Å². The van der Waals surface area contributed by atoms with Gasteiger partial charge in [0.15, 0.2) is 11.5 Å². The van der Waals surface area contributed by atoms with Crippen molar-refractivity contribution in [1.29, 1.82) is 0 Å². The largest absolute Gasteiger partial charge is 0.511 e. The van der Waals surface area contributed by atoms with E-state index in [0.29, 0.717) is 5.56 Å². The molecule has 8 nitrogen and oxygen atoms in total. The number of aromatic nitrogens is 2. The highest BCUT2D eigenvalue weighted by Gasteiger charge is 2.23. The van der Waals surface area contributed by atoms with Gasteiger partial charge in [-0.3, -0.25) is 9.97 Å². The first-order valence-corrected chi connectivity index (χ1v) is 6.13. The summed E-state index contributed by atoms with van der Waals surface area (Å²) in [6.45, 7) is 3.10. The van der Waals surface area contributed by atoms with Gasteiger partial charge in [0.25, 0.3) is 0 Å². The first-order chi connectivity index (χ1) is 10.4. The average Bonchev–Trinajstić information content (AvgIpc) is 2.44. The Morgan fingerprint density at radius 1 is 1.05 bits per heavy atom. The van der Waals surface area contributed by atoms with Crippen LogP contribution >= 0.6 is 0 Å². The van der Waals surface area contributed by atoms with Gasteiger partial charge in [0.1, 0.15) is 0 Å². The highest BCUT2D eigenvalue weighted by molar-refractivity contribution is 5.82. The number of hydrogen-bond acceptors (Lipinski definition) is 6. The molecule has 22 heavy (non-hydrogen) atoms. The summed E-state index contributed by atoms with van der Waals surface area (Å²) in [6.07, 6.45) is -0.113. The second-order valence-electron chi connectivity index (χ2n) is 4.29. The summed E-state index contributed by atoms with van der Waals surface area (Å²) in [5.41, 5.74) is 1.19. The van der Waals surface area contributed by atoms with E-state index in [1.54, 1.807) is 26.0 Å². The molecule has 2 aromatic heterocycles. The lowest BCUT2D eigenvalue weighted by Crippen LogP contribution is -2.11. The Balaban J connectivity index is 2.77. The van der Waals surface area contributed by atoms with E-state index in [4.69, 9.17) is 19.7 Å². The molecule has 0 unspecified atom stereocenters. The minimum Gasteiger partial charge on any atom is -0.449 e. The number of nitrogens with zero attached hydrogens (tertiary/aromatic N) is 2. The second-order valence-corrected chi connectivity index (χ2v) is 4.29. The van der Waals surface area contributed by atoms with Crippen LogP contribution in [0.15, 0.2) is 24.5 Å². The topological polar surface area (TPSA) is 119 Å². The SMILES string of the molecule is Cc1nc(C)c(OC(=O)O)c(-c2cccnc2)c1OC(=O)O. The Morgan fingerprint density at radius 3 is 2.00 bits per heavy atom. The predicted octanol–water partition coefficient (Wildman–Crippen LogP) is 2.87. The van der Waals surface area contributed by atoms with Gasteiger partial charge in [-0.25, -0.2) is 9.59 Å².